The molecular formula is C15H29N3O3. The number of likely N-dealkylation sites (N-methyl/N-ethyl adjacent to an activating group) is 1. The average Bonchev–Trinajstić information content (AvgIpc) is 2.37. The largest absolute Gasteiger partial charge is 0.481 e. The van der Waals surface area contributed by atoms with Gasteiger partial charge in [-0.1, -0.05) is 13.8 Å². The first kappa shape index (κ1) is 17.8. The molecule has 6 heteroatoms. The van der Waals surface area contributed by atoms with Crippen LogP contribution in [0.3, 0.4) is 0 Å². The Hall–Kier alpha value is -1.30. The molecule has 0 aliphatic carbocycles. The number of carboxylic acids is 1. The van der Waals surface area contributed by atoms with Gasteiger partial charge in [0.25, 0.3) is 0 Å². The van der Waals surface area contributed by atoms with Crippen molar-refractivity contribution in [1.82, 2.24) is 15.1 Å². The first-order valence-electron chi connectivity index (χ1n) is 7.74. The number of amides is 2. The second-order valence-electron chi connectivity index (χ2n) is 6.56. The molecule has 2 atom stereocenters. The standard InChI is InChI=1S/C15H29N3O3/c1-11(2)7-13(8-14(19)20)9-16-15(21)18-6-5-17(4)12(3)10-18/h11-13H,5-10H2,1-4H3,(H,16,21)(H,19,20)/t12?,13-/m0/s1. The van der Waals surface area contributed by atoms with Crippen molar-refractivity contribution in [3.05, 3.63) is 0 Å². The van der Waals surface area contributed by atoms with E-state index in [1.165, 1.54) is 0 Å². The van der Waals surface area contributed by atoms with Gasteiger partial charge in [-0.05, 0) is 32.2 Å². The summed E-state index contributed by atoms with van der Waals surface area (Å²) in [4.78, 5) is 27.1. The van der Waals surface area contributed by atoms with Crippen molar-refractivity contribution >= 4 is 12.0 Å². The van der Waals surface area contributed by atoms with E-state index in [0.717, 1.165) is 26.1 Å². The van der Waals surface area contributed by atoms with Gasteiger partial charge in [-0.3, -0.25) is 4.79 Å². The van der Waals surface area contributed by atoms with Crippen LogP contribution >= 0.6 is 0 Å². The Kier molecular flexibility index (Phi) is 6.95. The molecule has 21 heavy (non-hydrogen) atoms. The van der Waals surface area contributed by atoms with Crippen LogP contribution < -0.4 is 5.32 Å². The highest BCUT2D eigenvalue weighted by atomic mass is 16.4. The molecule has 1 aliphatic rings. The van der Waals surface area contributed by atoms with Crippen molar-refractivity contribution in [2.75, 3.05) is 33.2 Å². The molecule has 122 valence electrons. The van der Waals surface area contributed by atoms with E-state index in [-0.39, 0.29) is 18.4 Å². The minimum atomic E-state index is -0.803. The van der Waals surface area contributed by atoms with E-state index in [2.05, 4.69) is 38.0 Å². The van der Waals surface area contributed by atoms with E-state index >= 15 is 0 Å². The van der Waals surface area contributed by atoms with E-state index < -0.39 is 5.97 Å². The number of carbonyl (C=O) groups excluding carboxylic acids is 1. The van der Waals surface area contributed by atoms with E-state index in [4.69, 9.17) is 5.11 Å². The number of urea groups is 1. The van der Waals surface area contributed by atoms with Crippen molar-refractivity contribution in [2.45, 2.75) is 39.7 Å². The second-order valence-corrected chi connectivity index (χ2v) is 6.56. The highest BCUT2D eigenvalue weighted by Crippen LogP contribution is 2.15. The van der Waals surface area contributed by atoms with Gasteiger partial charge < -0.3 is 20.2 Å². The van der Waals surface area contributed by atoms with Gasteiger partial charge in [-0.2, -0.15) is 0 Å². The number of hydrogen-bond donors (Lipinski definition) is 2. The molecule has 1 heterocycles. The van der Waals surface area contributed by atoms with Crippen molar-refractivity contribution in [1.29, 1.82) is 0 Å². The Bertz CT molecular complexity index is 360. The lowest BCUT2D eigenvalue weighted by Gasteiger charge is -2.37. The Morgan fingerprint density at radius 2 is 2.00 bits per heavy atom. The van der Waals surface area contributed by atoms with Crippen LogP contribution in [0.4, 0.5) is 4.79 Å². The second kappa shape index (κ2) is 8.22. The molecule has 2 N–H and O–H groups in total. The number of rotatable bonds is 6. The number of carbonyl (C=O) groups is 2. The molecule has 6 nitrogen and oxygen atoms in total. The van der Waals surface area contributed by atoms with E-state index in [0.29, 0.717) is 18.5 Å². The predicted octanol–water partition coefficient (Wildman–Crippen LogP) is 1.47. The van der Waals surface area contributed by atoms with Gasteiger partial charge in [-0.25, -0.2) is 4.79 Å². The van der Waals surface area contributed by atoms with Gasteiger partial charge in [0.05, 0.1) is 0 Å². The molecule has 1 unspecified atom stereocenters. The molecule has 1 aliphatic heterocycles. The molecule has 0 spiro atoms. The summed E-state index contributed by atoms with van der Waals surface area (Å²) in [5, 5.41) is 11.8. The molecule has 0 aromatic rings. The van der Waals surface area contributed by atoms with Crippen LogP contribution in [-0.4, -0.2) is 66.2 Å². The highest BCUT2D eigenvalue weighted by molar-refractivity contribution is 5.74. The molecule has 0 bridgehead atoms. The first-order valence-corrected chi connectivity index (χ1v) is 7.74. The van der Waals surface area contributed by atoms with Crippen molar-refractivity contribution < 1.29 is 14.7 Å². The third kappa shape index (κ3) is 6.33. The molecule has 1 saturated heterocycles. The Morgan fingerprint density at radius 1 is 1.33 bits per heavy atom. The zero-order valence-corrected chi connectivity index (χ0v) is 13.6. The fourth-order valence-corrected chi connectivity index (χ4v) is 2.73. The van der Waals surface area contributed by atoms with Gasteiger partial charge >= 0.3 is 12.0 Å². The van der Waals surface area contributed by atoms with Gasteiger partial charge in [0.15, 0.2) is 0 Å². The summed E-state index contributed by atoms with van der Waals surface area (Å²) in [6.07, 6.45) is 0.920. The molecular weight excluding hydrogens is 270 g/mol. The summed E-state index contributed by atoms with van der Waals surface area (Å²) in [6.45, 7) is 8.99. The summed E-state index contributed by atoms with van der Waals surface area (Å²) < 4.78 is 0. The predicted molar refractivity (Wildman–Crippen MR) is 82.3 cm³/mol. The Labute approximate surface area is 127 Å². The lowest BCUT2D eigenvalue weighted by atomic mass is 9.94. The number of carboxylic acid groups (broad SMARTS) is 1. The third-order valence-electron chi connectivity index (χ3n) is 4.06. The van der Waals surface area contributed by atoms with Crippen molar-refractivity contribution in [2.24, 2.45) is 11.8 Å². The van der Waals surface area contributed by atoms with Crippen molar-refractivity contribution in [3.63, 3.8) is 0 Å². The van der Waals surface area contributed by atoms with Crippen LogP contribution in [0.15, 0.2) is 0 Å². The fraction of sp³-hybridized carbons (Fsp3) is 0.867. The molecule has 1 rings (SSSR count). The number of nitrogens with zero attached hydrogens (tertiary/aromatic N) is 2. The van der Waals surface area contributed by atoms with Crippen LogP contribution in [-0.2, 0) is 4.79 Å². The maximum atomic E-state index is 12.2. The first-order chi connectivity index (χ1) is 9.79. The quantitative estimate of drug-likeness (QED) is 0.779. The normalized spacial score (nSPS) is 21.4. The minimum absolute atomic E-state index is 0.00339. The SMILES string of the molecule is CC(C)C[C@H](CNC(=O)N1CCN(C)C(C)C1)CC(=O)O. The lowest BCUT2D eigenvalue weighted by molar-refractivity contribution is -0.138. The van der Waals surface area contributed by atoms with E-state index in [1.807, 2.05) is 4.90 Å². The zero-order valence-electron chi connectivity index (χ0n) is 13.6. The molecule has 1 fully saturated rings. The molecule has 0 aromatic carbocycles. The zero-order chi connectivity index (χ0) is 16.0. The van der Waals surface area contributed by atoms with Crippen LogP contribution in [0.5, 0.6) is 0 Å². The maximum Gasteiger partial charge on any atom is 0.317 e. The highest BCUT2D eigenvalue weighted by Gasteiger charge is 2.25. The number of aliphatic carboxylic acids is 1. The molecule has 0 radical (unpaired) electrons. The van der Waals surface area contributed by atoms with Gasteiger partial charge in [0.1, 0.15) is 0 Å². The van der Waals surface area contributed by atoms with Gasteiger partial charge in [-0.15, -0.1) is 0 Å². The van der Waals surface area contributed by atoms with Crippen LogP contribution in [0, 0.1) is 11.8 Å². The molecule has 2 amide bonds. The van der Waals surface area contributed by atoms with Crippen molar-refractivity contribution in [3.8, 4) is 0 Å². The Morgan fingerprint density at radius 3 is 2.52 bits per heavy atom. The number of piperazine rings is 1. The minimum Gasteiger partial charge on any atom is -0.481 e. The lowest BCUT2D eigenvalue weighted by Crippen LogP contribution is -2.55. The van der Waals surface area contributed by atoms with E-state index in [1.54, 1.807) is 0 Å². The third-order valence-corrected chi connectivity index (χ3v) is 4.06. The number of hydrogen-bond acceptors (Lipinski definition) is 3. The topological polar surface area (TPSA) is 72.9 Å². The van der Waals surface area contributed by atoms with Gasteiger partial charge in [0.2, 0.25) is 0 Å². The Balaban J connectivity index is 2.43. The summed E-state index contributed by atoms with van der Waals surface area (Å²) >= 11 is 0. The summed E-state index contributed by atoms with van der Waals surface area (Å²) in [6, 6.07) is 0.282. The fourth-order valence-electron chi connectivity index (χ4n) is 2.73. The average molecular weight is 299 g/mol. The monoisotopic (exact) mass is 299 g/mol. The smallest absolute Gasteiger partial charge is 0.317 e. The van der Waals surface area contributed by atoms with E-state index in [9.17, 15) is 9.59 Å². The summed E-state index contributed by atoms with van der Waals surface area (Å²) in [5.41, 5.74) is 0. The van der Waals surface area contributed by atoms with Crippen LogP contribution in [0.1, 0.15) is 33.6 Å². The molecule has 0 saturated carbocycles. The van der Waals surface area contributed by atoms with Crippen LogP contribution in [0.2, 0.25) is 0 Å². The molecule has 0 aromatic heterocycles. The van der Waals surface area contributed by atoms with Gasteiger partial charge in [0, 0.05) is 38.6 Å². The number of nitrogens with one attached hydrogen (secondary N) is 1. The maximum absolute atomic E-state index is 12.2. The summed E-state index contributed by atoms with van der Waals surface area (Å²) in [5.74, 6) is -0.380. The summed E-state index contributed by atoms with van der Waals surface area (Å²) in [7, 11) is 2.06. The van der Waals surface area contributed by atoms with Crippen LogP contribution in [0.25, 0.3) is 0 Å².